The van der Waals surface area contributed by atoms with Crippen molar-refractivity contribution < 1.29 is 13.6 Å². The molecule has 27 heavy (non-hydrogen) atoms. The fraction of sp³-hybridized carbons (Fsp3) is 0.0476. The Hall–Kier alpha value is -3.72. The van der Waals surface area contributed by atoms with Gasteiger partial charge in [-0.15, -0.1) is 0 Å². The van der Waals surface area contributed by atoms with Crippen LogP contribution in [0.1, 0.15) is 11.6 Å². The van der Waals surface area contributed by atoms with Crippen LogP contribution in [0.4, 0.5) is 25.0 Å². The fourth-order valence-electron chi connectivity index (χ4n) is 2.62. The van der Waals surface area contributed by atoms with Crippen LogP contribution in [0, 0.1) is 23.0 Å². The molecule has 6 heteroatoms. The molecule has 3 aromatic rings. The molecule has 3 aromatic carbocycles. The summed E-state index contributed by atoms with van der Waals surface area (Å²) >= 11 is 0. The Morgan fingerprint density at radius 2 is 1.44 bits per heavy atom. The average Bonchev–Trinajstić information content (AvgIpc) is 2.69. The topological polar surface area (TPSA) is 56.1 Å². The molecule has 0 aliphatic heterocycles. The van der Waals surface area contributed by atoms with E-state index in [9.17, 15) is 18.8 Å². The summed E-state index contributed by atoms with van der Waals surface area (Å²) in [6.07, 6.45) is 0. The Morgan fingerprint density at radius 1 is 0.889 bits per heavy atom. The lowest BCUT2D eigenvalue weighted by Gasteiger charge is -2.28. The largest absolute Gasteiger partial charge is 0.327 e. The molecule has 0 bridgehead atoms. The number of carbonyl (C=O) groups is 1. The van der Waals surface area contributed by atoms with Crippen molar-refractivity contribution in [3.63, 3.8) is 0 Å². The number of nitrogens with one attached hydrogen (secondary N) is 1. The van der Waals surface area contributed by atoms with Gasteiger partial charge in [0.25, 0.3) is 0 Å². The number of nitriles is 1. The van der Waals surface area contributed by atoms with E-state index < -0.39 is 23.7 Å². The van der Waals surface area contributed by atoms with Gasteiger partial charge in [0.15, 0.2) is 6.04 Å². The van der Waals surface area contributed by atoms with Crippen LogP contribution < -0.4 is 10.2 Å². The molecule has 0 fully saturated rings. The first kappa shape index (κ1) is 18.1. The van der Waals surface area contributed by atoms with Gasteiger partial charge in [-0.05, 0) is 54.1 Å². The number of hydrogen-bond donors (Lipinski definition) is 1. The molecule has 0 saturated carbocycles. The summed E-state index contributed by atoms with van der Waals surface area (Å²) in [5, 5.41) is 12.4. The lowest BCUT2D eigenvalue weighted by atomic mass is 10.1. The molecule has 0 spiro atoms. The van der Waals surface area contributed by atoms with Crippen molar-refractivity contribution in [2.24, 2.45) is 0 Å². The van der Waals surface area contributed by atoms with Crippen molar-refractivity contribution in [3.8, 4) is 6.07 Å². The summed E-state index contributed by atoms with van der Waals surface area (Å²) in [4.78, 5) is 14.2. The molecular formula is C21H15F2N3O. The van der Waals surface area contributed by atoms with E-state index in [-0.39, 0.29) is 0 Å². The Bertz CT molecular complexity index is 951. The van der Waals surface area contributed by atoms with E-state index in [1.54, 1.807) is 30.3 Å². The molecule has 2 amide bonds. The molecule has 1 unspecified atom stereocenters. The van der Waals surface area contributed by atoms with Crippen LogP contribution >= 0.6 is 0 Å². The van der Waals surface area contributed by atoms with Crippen molar-refractivity contribution in [2.45, 2.75) is 6.04 Å². The first-order valence-electron chi connectivity index (χ1n) is 8.14. The van der Waals surface area contributed by atoms with Crippen LogP contribution in [0.15, 0.2) is 78.9 Å². The van der Waals surface area contributed by atoms with Gasteiger partial charge in [-0.25, -0.2) is 13.6 Å². The second-order valence-corrected chi connectivity index (χ2v) is 5.73. The maximum Gasteiger partial charge on any atom is 0.327 e. The van der Waals surface area contributed by atoms with Crippen LogP contribution in [0.25, 0.3) is 0 Å². The Labute approximate surface area is 155 Å². The summed E-state index contributed by atoms with van der Waals surface area (Å²) in [6.45, 7) is 0. The third kappa shape index (κ3) is 4.28. The summed E-state index contributed by atoms with van der Waals surface area (Å²) in [5.41, 5.74) is 1.34. The second-order valence-electron chi connectivity index (χ2n) is 5.73. The van der Waals surface area contributed by atoms with Gasteiger partial charge in [-0.3, -0.25) is 4.90 Å². The molecule has 0 aliphatic rings. The van der Waals surface area contributed by atoms with Crippen LogP contribution in [-0.4, -0.2) is 6.03 Å². The molecule has 0 aromatic heterocycles. The Kier molecular flexibility index (Phi) is 5.43. The summed E-state index contributed by atoms with van der Waals surface area (Å²) in [7, 11) is 0. The van der Waals surface area contributed by atoms with E-state index in [4.69, 9.17) is 0 Å². The van der Waals surface area contributed by atoms with Gasteiger partial charge in [-0.1, -0.05) is 30.3 Å². The molecule has 1 N–H and O–H groups in total. The van der Waals surface area contributed by atoms with Gasteiger partial charge in [0.1, 0.15) is 11.6 Å². The second kappa shape index (κ2) is 8.11. The van der Waals surface area contributed by atoms with Crippen molar-refractivity contribution in [1.82, 2.24) is 0 Å². The first-order chi connectivity index (χ1) is 13.1. The summed E-state index contributed by atoms with van der Waals surface area (Å²) in [5.74, 6) is -0.881. The molecule has 4 nitrogen and oxygen atoms in total. The SMILES string of the molecule is N#CC(c1ccccc1)N(C(=O)Nc1ccc(F)cc1)c1ccc(F)cc1. The van der Waals surface area contributed by atoms with E-state index in [0.717, 1.165) is 0 Å². The van der Waals surface area contributed by atoms with E-state index in [0.29, 0.717) is 16.9 Å². The number of amides is 2. The molecule has 0 aliphatic carbocycles. The smallest absolute Gasteiger partial charge is 0.307 e. The zero-order chi connectivity index (χ0) is 19.2. The van der Waals surface area contributed by atoms with Crippen LogP contribution in [0.5, 0.6) is 0 Å². The molecule has 0 saturated heterocycles. The lowest BCUT2D eigenvalue weighted by Crippen LogP contribution is -2.37. The highest BCUT2D eigenvalue weighted by Gasteiger charge is 2.27. The van der Waals surface area contributed by atoms with Crippen molar-refractivity contribution >= 4 is 17.4 Å². The minimum absolute atomic E-state index is 0.353. The van der Waals surface area contributed by atoms with E-state index >= 15 is 0 Å². The maximum atomic E-state index is 13.3. The zero-order valence-corrected chi connectivity index (χ0v) is 14.1. The molecule has 0 heterocycles. The predicted molar refractivity (Wildman–Crippen MR) is 99.1 cm³/mol. The van der Waals surface area contributed by atoms with Crippen LogP contribution in [-0.2, 0) is 0 Å². The number of anilines is 2. The molecule has 3 rings (SSSR count). The third-order valence-corrected chi connectivity index (χ3v) is 3.91. The van der Waals surface area contributed by atoms with E-state index in [1.165, 1.54) is 53.4 Å². The van der Waals surface area contributed by atoms with Gasteiger partial charge >= 0.3 is 6.03 Å². The number of hydrogen-bond acceptors (Lipinski definition) is 2. The third-order valence-electron chi connectivity index (χ3n) is 3.91. The van der Waals surface area contributed by atoms with Crippen molar-refractivity contribution in [3.05, 3.63) is 96.1 Å². The summed E-state index contributed by atoms with van der Waals surface area (Å²) in [6, 6.07) is 19.9. The van der Waals surface area contributed by atoms with E-state index in [1.807, 2.05) is 0 Å². The zero-order valence-electron chi connectivity index (χ0n) is 14.1. The lowest BCUT2D eigenvalue weighted by molar-refractivity contribution is 0.256. The highest BCUT2D eigenvalue weighted by Crippen LogP contribution is 2.28. The molecular weight excluding hydrogens is 348 g/mol. The highest BCUT2D eigenvalue weighted by atomic mass is 19.1. The van der Waals surface area contributed by atoms with Crippen molar-refractivity contribution in [2.75, 3.05) is 10.2 Å². The minimum atomic E-state index is -0.933. The van der Waals surface area contributed by atoms with Gasteiger partial charge in [-0.2, -0.15) is 5.26 Å². The van der Waals surface area contributed by atoms with Crippen LogP contribution in [0.3, 0.4) is 0 Å². The van der Waals surface area contributed by atoms with Gasteiger partial charge in [0.2, 0.25) is 0 Å². The number of benzene rings is 3. The predicted octanol–water partition coefficient (Wildman–Crippen LogP) is 5.27. The van der Waals surface area contributed by atoms with Gasteiger partial charge in [0.05, 0.1) is 6.07 Å². The molecule has 0 radical (unpaired) electrons. The standard InChI is InChI=1S/C21H15F2N3O/c22-16-6-10-18(11-7-16)25-21(27)26(19-12-8-17(23)9-13-19)20(14-24)15-4-2-1-3-5-15/h1-13,20H,(H,25,27). The maximum absolute atomic E-state index is 13.3. The molecule has 134 valence electrons. The normalized spacial score (nSPS) is 11.3. The van der Waals surface area contributed by atoms with Gasteiger partial charge < -0.3 is 5.32 Å². The van der Waals surface area contributed by atoms with Gasteiger partial charge in [0, 0.05) is 11.4 Å². The number of urea groups is 1. The molecule has 1 atom stereocenters. The Balaban J connectivity index is 1.98. The quantitative estimate of drug-likeness (QED) is 0.687. The van der Waals surface area contributed by atoms with E-state index in [2.05, 4.69) is 11.4 Å². The van der Waals surface area contributed by atoms with Crippen molar-refractivity contribution in [1.29, 1.82) is 5.26 Å². The number of nitrogens with zero attached hydrogens (tertiary/aromatic N) is 2. The monoisotopic (exact) mass is 363 g/mol. The van der Waals surface area contributed by atoms with Crippen LogP contribution in [0.2, 0.25) is 0 Å². The number of carbonyl (C=O) groups excluding carboxylic acids is 1. The minimum Gasteiger partial charge on any atom is -0.307 e. The average molecular weight is 363 g/mol. The number of halogens is 2. The fourth-order valence-corrected chi connectivity index (χ4v) is 2.62. The summed E-state index contributed by atoms with van der Waals surface area (Å²) < 4.78 is 26.4. The highest BCUT2D eigenvalue weighted by molar-refractivity contribution is 6.02. The first-order valence-corrected chi connectivity index (χ1v) is 8.14. The number of rotatable bonds is 4. The Morgan fingerprint density at radius 3 is 2.00 bits per heavy atom.